The number of benzene rings is 1. The fraction of sp³-hybridized carbons (Fsp3) is 0.600. The Morgan fingerprint density at radius 2 is 2.11 bits per heavy atom. The van der Waals surface area contributed by atoms with Crippen LogP contribution >= 0.6 is 0 Å². The molecule has 4 heteroatoms. The van der Waals surface area contributed by atoms with Crippen LogP contribution in [0.1, 0.15) is 17.5 Å². The van der Waals surface area contributed by atoms with E-state index < -0.39 is 6.10 Å². The summed E-state index contributed by atoms with van der Waals surface area (Å²) in [7, 11) is 1.69. The van der Waals surface area contributed by atoms with Crippen molar-refractivity contribution in [3.05, 3.63) is 29.3 Å². The summed E-state index contributed by atoms with van der Waals surface area (Å²) in [5.74, 6) is 0.837. The lowest BCUT2D eigenvalue weighted by Crippen LogP contribution is -2.32. The van der Waals surface area contributed by atoms with Gasteiger partial charge in [0, 0.05) is 20.3 Å². The smallest absolute Gasteiger partial charge is 0.122 e. The molecule has 1 aromatic carbocycles. The van der Waals surface area contributed by atoms with Gasteiger partial charge in [-0.2, -0.15) is 0 Å². The van der Waals surface area contributed by atoms with Gasteiger partial charge in [0.15, 0.2) is 0 Å². The number of aliphatic hydroxyl groups is 1. The molecule has 108 valence electrons. The van der Waals surface area contributed by atoms with Crippen molar-refractivity contribution < 1.29 is 14.6 Å². The van der Waals surface area contributed by atoms with Gasteiger partial charge in [0.2, 0.25) is 0 Å². The summed E-state index contributed by atoms with van der Waals surface area (Å²) in [5, 5.41) is 13.0. The number of aryl methyl sites for hydroxylation is 2. The third-order valence-electron chi connectivity index (χ3n) is 2.84. The molecule has 0 aliphatic carbocycles. The first-order chi connectivity index (χ1) is 9.13. The predicted molar refractivity (Wildman–Crippen MR) is 76.8 cm³/mol. The van der Waals surface area contributed by atoms with Crippen LogP contribution in [0.2, 0.25) is 0 Å². The van der Waals surface area contributed by atoms with Crippen molar-refractivity contribution in [2.45, 2.75) is 26.4 Å². The molecule has 0 amide bonds. The molecule has 0 bridgehead atoms. The molecule has 1 rings (SSSR count). The molecule has 0 saturated carbocycles. The molecule has 0 aliphatic heterocycles. The topological polar surface area (TPSA) is 50.7 Å². The normalized spacial score (nSPS) is 12.4. The van der Waals surface area contributed by atoms with E-state index in [1.807, 2.05) is 19.1 Å². The highest BCUT2D eigenvalue weighted by Gasteiger charge is 2.06. The summed E-state index contributed by atoms with van der Waals surface area (Å²) >= 11 is 0. The minimum atomic E-state index is -0.497. The van der Waals surface area contributed by atoms with E-state index in [-0.39, 0.29) is 0 Å². The van der Waals surface area contributed by atoms with Gasteiger partial charge in [0.25, 0.3) is 0 Å². The molecule has 0 heterocycles. The van der Waals surface area contributed by atoms with E-state index >= 15 is 0 Å². The van der Waals surface area contributed by atoms with Gasteiger partial charge < -0.3 is 19.9 Å². The van der Waals surface area contributed by atoms with Crippen molar-refractivity contribution in [2.24, 2.45) is 0 Å². The second-order valence-corrected chi connectivity index (χ2v) is 4.78. The zero-order chi connectivity index (χ0) is 14.1. The summed E-state index contributed by atoms with van der Waals surface area (Å²) in [6, 6.07) is 6.03. The van der Waals surface area contributed by atoms with Crippen molar-refractivity contribution in [1.82, 2.24) is 5.32 Å². The largest absolute Gasteiger partial charge is 0.491 e. The monoisotopic (exact) mass is 267 g/mol. The van der Waals surface area contributed by atoms with E-state index in [2.05, 4.69) is 18.3 Å². The Morgan fingerprint density at radius 3 is 2.79 bits per heavy atom. The number of aliphatic hydroxyl groups excluding tert-OH is 1. The lowest BCUT2D eigenvalue weighted by molar-refractivity contribution is 0.105. The van der Waals surface area contributed by atoms with Gasteiger partial charge in [0.1, 0.15) is 18.5 Å². The lowest BCUT2D eigenvalue weighted by Gasteiger charge is -2.14. The average molecular weight is 267 g/mol. The maximum atomic E-state index is 9.79. The van der Waals surface area contributed by atoms with Gasteiger partial charge in [-0.25, -0.2) is 0 Å². The lowest BCUT2D eigenvalue weighted by atomic mass is 10.1. The van der Waals surface area contributed by atoms with Crippen molar-refractivity contribution in [3.8, 4) is 5.75 Å². The van der Waals surface area contributed by atoms with Crippen molar-refractivity contribution in [2.75, 3.05) is 33.4 Å². The molecular weight excluding hydrogens is 242 g/mol. The summed E-state index contributed by atoms with van der Waals surface area (Å²) in [5.41, 5.74) is 2.31. The molecule has 1 atom stereocenters. The Labute approximate surface area is 115 Å². The van der Waals surface area contributed by atoms with Gasteiger partial charge >= 0.3 is 0 Å². The Morgan fingerprint density at radius 1 is 1.32 bits per heavy atom. The fourth-order valence-corrected chi connectivity index (χ4v) is 1.82. The number of ether oxygens (including phenoxy) is 2. The predicted octanol–water partition coefficient (Wildman–Crippen LogP) is 1.67. The van der Waals surface area contributed by atoms with Crippen LogP contribution in [0.5, 0.6) is 5.75 Å². The van der Waals surface area contributed by atoms with Gasteiger partial charge in [-0.15, -0.1) is 0 Å². The number of methoxy groups -OCH3 is 1. The van der Waals surface area contributed by atoms with Crippen LogP contribution in [0, 0.1) is 13.8 Å². The van der Waals surface area contributed by atoms with Gasteiger partial charge in [-0.1, -0.05) is 17.7 Å². The van der Waals surface area contributed by atoms with E-state index in [0.29, 0.717) is 13.2 Å². The highest BCUT2D eigenvalue weighted by molar-refractivity contribution is 5.35. The molecule has 1 unspecified atom stereocenters. The third-order valence-corrected chi connectivity index (χ3v) is 2.84. The maximum absolute atomic E-state index is 9.79. The Kier molecular flexibility index (Phi) is 7.48. The van der Waals surface area contributed by atoms with Gasteiger partial charge in [0.05, 0.1) is 0 Å². The molecular formula is C15H25NO3. The summed E-state index contributed by atoms with van der Waals surface area (Å²) < 4.78 is 10.6. The molecule has 0 aromatic heterocycles. The van der Waals surface area contributed by atoms with Crippen LogP contribution in [0.3, 0.4) is 0 Å². The molecule has 0 spiro atoms. The molecule has 0 fully saturated rings. The molecule has 0 saturated heterocycles. The van der Waals surface area contributed by atoms with E-state index in [0.717, 1.165) is 30.9 Å². The zero-order valence-corrected chi connectivity index (χ0v) is 12.1. The van der Waals surface area contributed by atoms with Crippen LogP contribution < -0.4 is 10.1 Å². The first kappa shape index (κ1) is 16.0. The molecule has 2 N–H and O–H groups in total. The molecule has 0 radical (unpaired) electrons. The minimum absolute atomic E-state index is 0.307. The highest BCUT2D eigenvalue weighted by atomic mass is 16.5. The van der Waals surface area contributed by atoms with Crippen LogP contribution in [0.15, 0.2) is 18.2 Å². The summed E-state index contributed by atoms with van der Waals surface area (Å²) in [6.07, 6.45) is 0.449. The summed E-state index contributed by atoms with van der Waals surface area (Å²) in [6.45, 7) is 6.49. The van der Waals surface area contributed by atoms with Gasteiger partial charge in [-0.05, 0) is 38.4 Å². The first-order valence-corrected chi connectivity index (χ1v) is 6.71. The number of rotatable bonds is 9. The maximum Gasteiger partial charge on any atom is 0.122 e. The van der Waals surface area contributed by atoms with E-state index in [4.69, 9.17) is 9.47 Å². The molecule has 1 aromatic rings. The first-order valence-electron chi connectivity index (χ1n) is 6.71. The standard InChI is InChI=1S/C15H25NO3/c1-12-5-6-15(13(2)9-12)19-11-14(17)10-16-7-4-8-18-3/h5-6,9,14,16-17H,4,7-8,10-11H2,1-3H3. The minimum Gasteiger partial charge on any atom is -0.491 e. The zero-order valence-electron chi connectivity index (χ0n) is 12.1. The Hall–Kier alpha value is -1.10. The number of hydrogen-bond acceptors (Lipinski definition) is 4. The SMILES string of the molecule is COCCCNCC(O)COc1ccc(C)cc1C. The van der Waals surface area contributed by atoms with Crippen LogP contribution in [-0.2, 0) is 4.74 Å². The number of hydrogen-bond donors (Lipinski definition) is 2. The molecule has 4 nitrogen and oxygen atoms in total. The van der Waals surface area contributed by atoms with Crippen LogP contribution in [-0.4, -0.2) is 44.6 Å². The summed E-state index contributed by atoms with van der Waals surface area (Å²) in [4.78, 5) is 0. The second kappa shape index (κ2) is 8.91. The van der Waals surface area contributed by atoms with E-state index in [9.17, 15) is 5.11 Å². The Bertz CT molecular complexity index is 368. The van der Waals surface area contributed by atoms with Gasteiger partial charge in [-0.3, -0.25) is 0 Å². The fourth-order valence-electron chi connectivity index (χ4n) is 1.82. The quantitative estimate of drug-likeness (QED) is 0.668. The third kappa shape index (κ3) is 6.57. The highest BCUT2D eigenvalue weighted by Crippen LogP contribution is 2.18. The van der Waals surface area contributed by atoms with Crippen molar-refractivity contribution >= 4 is 0 Å². The van der Waals surface area contributed by atoms with Crippen molar-refractivity contribution in [1.29, 1.82) is 0 Å². The molecule has 19 heavy (non-hydrogen) atoms. The van der Waals surface area contributed by atoms with E-state index in [1.165, 1.54) is 5.56 Å². The van der Waals surface area contributed by atoms with E-state index in [1.54, 1.807) is 7.11 Å². The number of nitrogens with one attached hydrogen (secondary N) is 1. The average Bonchev–Trinajstić information content (AvgIpc) is 2.37. The second-order valence-electron chi connectivity index (χ2n) is 4.78. The van der Waals surface area contributed by atoms with Crippen molar-refractivity contribution in [3.63, 3.8) is 0 Å². The van der Waals surface area contributed by atoms with Crippen LogP contribution in [0.25, 0.3) is 0 Å². The van der Waals surface area contributed by atoms with Crippen LogP contribution in [0.4, 0.5) is 0 Å². The Balaban J connectivity index is 2.20. The molecule has 0 aliphatic rings.